The Morgan fingerprint density at radius 2 is 2.00 bits per heavy atom. The van der Waals surface area contributed by atoms with Crippen molar-refractivity contribution in [3.05, 3.63) is 29.6 Å². The van der Waals surface area contributed by atoms with Gasteiger partial charge in [0.15, 0.2) is 5.82 Å². The molecule has 1 saturated carbocycles. The second-order valence-electron chi connectivity index (χ2n) is 8.29. The van der Waals surface area contributed by atoms with Crippen LogP contribution in [0.5, 0.6) is 0 Å². The van der Waals surface area contributed by atoms with Gasteiger partial charge < -0.3 is 20.9 Å². The van der Waals surface area contributed by atoms with Crippen LogP contribution in [-0.4, -0.2) is 46.0 Å². The van der Waals surface area contributed by atoms with E-state index in [2.05, 4.69) is 32.0 Å². The Balaban J connectivity index is 1.43. The second-order valence-corrected chi connectivity index (χ2v) is 8.29. The van der Waals surface area contributed by atoms with Crippen LogP contribution in [0, 0.1) is 24.2 Å². The number of fused-ring (bicyclic) bond motifs is 1. The predicted octanol–water partition coefficient (Wildman–Crippen LogP) is 2.52. The van der Waals surface area contributed by atoms with Crippen molar-refractivity contribution in [3.63, 3.8) is 0 Å². The number of aryl methyl sites for hydroxylation is 1. The van der Waals surface area contributed by atoms with Crippen molar-refractivity contribution < 1.29 is 4.79 Å². The van der Waals surface area contributed by atoms with Crippen LogP contribution in [0.3, 0.4) is 0 Å². The smallest absolute Gasteiger partial charge is 0.247 e. The van der Waals surface area contributed by atoms with E-state index in [-0.39, 0.29) is 30.0 Å². The monoisotopic (exact) mass is 406 g/mol. The molecular formula is C21H26N8O. The largest absolute Gasteiger partial charge is 0.366 e. The number of likely N-dealkylation sites (N-methyl/N-ethyl adjacent to an activating group) is 1. The number of nitriles is 1. The summed E-state index contributed by atoms with van der Waals surface area (Å²) in [6.07, 6.45) is 3.44. The van der Waals surface area contributed by atoms with E-state index in [1.54, 1.807) is 18.3 Å². The van der Waals surface area contributed by atoms with E-state index in [0.29, 0.717) is 23.0 Å². The Morgan fingerprint density at radius 1 is 1.27 bits per heavy atom. The minimum absolute atomic E-state index is 0.0217. The fraction of sp³-hybridized carbons (Fsp3) is 0.476. The van der Waals surface area contributed by atoms with E-state index in [1.165, 1.54) is 0 Å². The van der Waals surface area contributed by atoms with Gasteiger partial charge in [-0.2, -0.15) is 10.2 Å². The van der Waals surface area contributed by atoms with Gasteiger partial charge in [0.05, 0.1) is 11.3 Å². The van der Waals surface area contributed by atoms with Gasteiger partial charge in [0.1, 0.15) is 23.6 Å². The first kappa shape index (κ1) is 19.9. The Hall–Kier alpha value is -3.41. The van der Waals surface area contributed by atoms with Crippen LogP contribution >= 0.6 is 0 Å². The second kappa shape index (κ2) is 7.78. The number of hydrogen-bond donors (Lipinski definition) is 3. The molecule has 2 aromatic rings. The van der Waals surface area contributed by atoms with Crippen molar-refractivity contribution in [2.45, 2.75) is 51.7 Å². The van der Waals surface area contributed by atoms with Crippen molar-refractivity contribution in [1.82, 2.24) is 15.0 Å². The molecule has 2 aliphatic rings. The number of carbonyl (C=O) groups is 1. The zero-order valence-electron chi connectivity index (χ0n) is 17.6. The Kier molecular flexibility index (Phi) is 5.16. The zero-order chi connectivity index (χ0) is 21.4. The number of nitrogens with zero attached hydrogens (tertiary/aromatic N) is 5. The highest BCUT2D eigenvalue weighted by molar-refractivity contribution is 6.03. The summed E-state index contributed by atoms with van der Waals surface area (Å²) in [5.41, 5.74) is 1.97. The highest BCUT2D eigenvalue weighted by Gasteiger charge is 2.36. The lowest BCUT2D eigenvalue weighted by molar-refractivity contribution is -0.118. The Labute approximate surface area is 175 Å². The molecule has 1 atom stereocenters. The van der Waals surface area contributed by atoms with Gasteiger partial charge in [-0.15, -0.1) is 0 Å². The van der Waals surface area contributed by atoms with Gasteiger partial charge in [0.2, 0.25) is 11.9 Å². The molecule has 3 heterocycles. The van der Waals surface area contributed by atoms with Gasteiger partial charge >= 0.3 is 0 Å². The van der Waals surface area contributed by atoms with Crippen LogP contribution in [0.25, 0.3) is 0 Å². The third-order valence-electron chi connectivity index (χ3n) is 5.71. The third-order valence-corrected chi connectivity index (χ3v) is 5.71. The minimum atomic E-state index is -0.260. The zero-order valence-corrected chi connectivity index (χ0v) is 17.6. The summed E-state index contributed by atoms with van der Waals surface area (Å²) in [4.78, 5) is 27.9. The fourth-order valence-electron chi connectivity index (χ4n) is 4.12. The molecule has 4 rings (SSSR count). The van der Waals surface area contributed by atoms with Crippen molar-refractivity contribution in [1.29, 1.82) is 5.26 Å². The molecule has 0 bridgehead atoms. The number of amides is 1. The molecular weight excluding hydrogens is 380 g/mol. The summed E-state index contributed by atoms with van der Waals surface area (Å²) < 4.78 is 0. The van der Waals surface area contributed by atoms with Gasteiger partial charge in [-0.3, -0.25) is 4.79 Å². The maximum absolute atomic E-state index is 12.5. The highest BCUT2D eigenvalue weighted by Crippen LogP contribution is 2.35. The topological polar surface area (TPSA) is 119 Å². The van der Waals surface area contributed by atoms with E-state index < -0.39 is 0 Å². The average Bonchev–Trinajstić information content (AvgIpc) is 2.67. The molecule has 1 aliphatic carbocycles. The molecule has 30 heavy (non-hydrogen) atoms. The average molecular weight is 406 g/mol. The van der Waals surface area contributed by atoms with Gasteiger partial charge in [0, 0.05) is 25.3 Å². The summed E-state index contributed by atoms with van der Waals surface area (Å²) in [5.74, 6) is 2.08. The number of anilines is 4. The molecule has 0 saturated heterocycles. The van der Waals surface area contributed by atoms with Crippen LogP contribution in [-0.2, 0) is 4.79 Å². The fourth-order valence-corrected chi connectivity index (χ4v) is 4.12. The number of nitrogens with one attached hydrogen (secondary N) is 3. The van der Waals surface area contributed by atoms with Gasteiger partial charge in [-0.05, 0) is 37.8 Å². The number of hydrogen-bond acceptors (Lipinski definition) is 8. The van der Waals surface area contributed by atoms with Gasteiger partial charge in [0.25, 0.3) is 0 Å². The summed E-state index contributed by atoms with van der Waals surface area (Å²) >= 11 is 0. The first-order chi connectivity index (χ1) is 14.4. The van der Waals surface area contributed by atoms with Crippen LogP contribution in [0.2, 0.25) is 0 Å². The van der Waals surface area contributed by atoms with Crippen LogP contribution in [0.4, 0.5) is 23.3 Å². The summed E-state index contributed by atoms with van der Waals surface area (Å²) in [6.45, 7) is 5.94. The van der Waals surface area contributed by atoms with E-state index in [4.69, 9.17) is 4.98 Å². The molecule has 3 N–H and O–H groups in total. The first-order valence-electron chi connectivity index (χ1n) is 10.2. The van der Waals surface area contributed by atoms with Crippen LogP contribution in [0.1, 0.15) is 37.9 Å². The quantitative estimate of drug-likeness (QED) is 0.693. The molecule has 1 fully saturated rings. The van der Waals surface area contributed by atoms with Gasteiger partial charge in [-0.1, -0.05) is 13.8 Å². The third kappa shape index (κ3) is 3.61. The maximum atomic E-state index is 12.5. The van der Waals surface area contributed by atoms with Crippen molar-refractivity contribution >= 4 is 29.2 Å². The number of rotatable bonds is 5. The van der Waals surface area contributed by atoms with E-state index >= 15 is 0 Å². The maximum Gasteiger partial charge on any atom is 0.247 e. The van der Waals surface area contributed by atoms with Crippen LogP contribution < -0.4 is 20.9 Å². The van der Waals surface area contributed by atoms with Crippen LogP contribution in [0.15, 0.2) is 18.3 Å². The molecule has 0 aromatic carbocycles. The summed E-state index contributed by atoms with van der Waals surface area (Å²) in [5, 5.41) is 18.9. The molecule has 0 unspecified atom stereocenters. The Bertz CT molecular complexity index is 1010. The molecule has 2 aromatic heterocycles. The molecule has 0 radical (unpaired) electrons. The molecule has 156 valence electrons. The first-order valence-corrected chi connectivity index (χ1v) is 10.2. The SMILES string of the molecule is Cc1nc(NC2CC(Nc3ncccc3C#N)C2)nc2c1NC(=O)[C@H](C(C)C)N2C. The van der Waals surface area contributed by atoms with E-state index in [1.807, 2.05) is 32.7 Å². The van der Waals surface area contributed by atoms with E-state index in [9.17, 15) is 10.1 Å². The van der Waals surface area contributed by atoms with Crippen molar-refractivity contribution in [3.8, 4) is 6.07 Å². The number of pyridine rings is 1. The molecule has 1 aliphatic heterocycles. The summed E-state index contributed by atoms with van der Waals surface area (Å²) in [6, 6.07) is 5.89. The molecule has 9 nitrogen and oxygen atoms in total. The predicted molar refractivity (Wildman–Crippen MR) is 115 cm³/mol. The lowest BCUT2D eigenvalue weighted by atomic mass is 9.86. The van der Waals surface area contributed by atoms with E-state index in [0.717, 1.165) is 24.4 Å². The molecule has 1 amide bonds. The number of aromatic nitrogens is 3. The minimum Gasteiger partial charge on any atom is -0.366 e. The lowest BCUT2D eigenvalue weighted by Crippen LogP contribution is -2.50. The number of carbonyl (C=O) groups excluding carboxylic acids is 1. The van der Waals surface area contributed by atoms with Gasteiger partial charge in [-0.25, -0.2) is 9.97 Å². The molecule has 9 heteroatoms. The van der Waals surface area contributed by atoms with Crippen molar-refractivity contribution in [2.24, 2.45) is 5.92 Å². The summed E-state index contributed by atoms with van der Waals surface area (Å²) in [7, 11) is 1.90. The standard InChI is InChI=1S/C21H26N8O/c1-11(2)17-20(30)27-16-12(3)24-21(28-19(16)29(17)4)26-15-8-14(9-15)25-18-13(10-22)6-5-7-23-18/h5-7,11,14-15,17H,8-9H2,1-4H3,(H,23,25)(H,27,30)(H,24,26,28)/t14?,15?,17-/m0/s1. The Morgan fingerprint density at radius 3 is 2.70 bits per heavy atom. The van der Waals surface area contributed by atoms with Crippen molar-refractivity contribution in [2.75, 3.05) is 27.9 Å². The molecule has 0 spiro atoms. The highest BCUT2D eigenvalue weighted by atomic mass is 16.2. The normalized spacial score (nSPS) is 22.6. The lowest BCUT2D eigenvalue weighted by Gasteiger charge is -2.38.